The van der Waals surface area contributed by atoms with Gasteiger partial charge in [0.15, 0.2) is 0 Å². The molecule has 4 nitrogen and oxygen atoms in total. The van der Waals surface area contributed by atoms with Crippen molar-refractivity contribution in [1.82, 2.24) is 0 Å². The maximum absolute atomic E-state index is 12.2. The molecule has 1 aliphatic heterocycles. The van der Waals surface area contributed by atoms with Gasteiger partial charge in [-0.2, -0.15) is 0 Å². The molecule has 0 spiro atoms. The lowest BCUT2D eigenvalue weighted by Crippen LogP contribution is -2.19. The molecule has 0 aliphatic carbocycles. The van der Waals surface area contributed by atoms with E-state index in [2.05, 4.69) is 42.7 Å². The van der Waals surface area contributed by atoms with Gasteiger partial charge in [-0.1, -0.05) is 17.7 Å². The lowest BCUT2D eigenvalue weighted by Gasteiger charge is -2.17. The molecule has 2 N–H and O–H groups in total. The molecule has 0 radical (unpaired) electrons. The second kappa shape index (κ2) is 7.09. The third-order valence-electron chi connectivity index (χ3n) is 3.99. The SMILES string of the molecule is Cc1ccc(C)c(SCC(=O)Nc2ccc3c(c2)CCC(=O)N3)c1. The number of carbonyl (C=O) groups is 2. The van der Waals surface area contributed by atoms with Gasteiger partial charge in [0, 0.05) is 22.7 Å². The highest BCUT2D eigenvalue weighted by Crippen LogP contribution is 2.27. The summed E-state index contributed by atoms with van der Waals surface area (Å²) in [5.74, 6) is 0.392. The summed E-state index contributed by atoms with van der Waals surface area (Å²) in [6, 6.07) is 11.9. The van der Waals surface area contributed by atoms with Gasteiger partial charge in [-0.3, -0.25) is 9.59 Å². The Balaban J connectivity index is 1.61. The van der Waals surface area contributed by atoms with E-state index in [0.717, 1.165) is 21.8 Å². The molecule has 0 unspecified atom stereocenters. The number of hydrogen-bond acceptors (Lipinski definition) is 3. The van der Waals surface area contributed by atoms with Crippen LogP contribution in [0.5, 0.6) is 0 Å². The van der Waals surface area contributed by atoms with E-state index < -0.39 is 0 Å². The molecule has 3 rings (SSSR count). The van der Waals surface area contributed by atoms with Gasteiger partial charge < -0.3 is 10.6 Å². The summed E-state index contributed by atoms with van der Waals surface area (Å²) in [6.07, 6.45) is 1.20. The molecule has 2 amide bonds. The number of carbonyl (C=O) groups excluding carboxylic acids is 2. The van der Waals surface area contributed by atoms with Crippen molar-refractivity contribution in [2.24, 2.45) is 0 Å². The van der Waals surface area contributed by atoms with Crippen molar-refractivity contribution in [2.75, 3.05) is 16.4 Å². The fraction of sp³-hybridized carbons (Fsp3) is 0.263. The Morgan fingerprint density at radius 1 is 1.17 bits per heavy atom. The van der Waals surface area contributed by atoms with Crippen molar-refractivity contribution >= 4 is 35.0 Å². The molecule has 0 saturated carbocycles. The van der Waals surface area contributed by atoms with E-state index in [1.807, 2.05) is 18.2 Å². The van der Waals surface area contributed by atoms with E-state index in [9.17, 15) is 9.59 Å². The topological polar surface area (TPSA) is 58.2 Å². The van der Waals surface area contributed by atoms with Crippen LogP contribution in [0.15, 0.2) is 41.3 Å². The van der Waals surface area contributed by atoms with E-state index in [1.165, 1.54) is 11.1 Å². The first-order chi connectivity index (χ1) is 11.5. The van der Waals surface area contributed by atoms with Crippen LogP contribution < -0.4 is 10.6 Å². The predicted molar refractivity (Wildman–Crippen MR) is 98.7 cm³/mol. The average Bonchev–Trinajstić information content (AvgIpc) is 2.56. The molecule has 124 valence electrons. The summed E-state index contributed by atoms with van der Waals surface area (Å²) < 4.78 is 0. The van der Waals surface area contributed by atoms with E-state index in [1.54, 1.807) is 11.8 Å². The molecule has 5 heteroatoms. The number of fused-ring (bicyclic) bond motifs is 1. The fourth-order valence-corrected chi connectivity index (χ4v) is 3.59. The molecule has 0 atom stereocenters. The number of amides is 2. The fourth-order valence-electron chi connectivity index (χ4n) is 2.66. The standard InChI is InChI=1S/C19H20N2O2S/c1-12-3-4-13(2)17(9-12)24-11-19(23)20-15-6-7-16-14(10-15)5-8-18(22)21-16/h3-4,6-7,9-10H,5,8,11H2,1-2H3,(H,20,23)(H,21,22). The maximum atomic E-state index is 12.2. The van der Waals surface area contributed by atoms with Crippen LogP contribution in [0.1, 0.15) is 23.1 Å². The quantitative estimate of drug-likeness (QED) is 0.830. The molecule has 2 aromatic carbocycles. The first-order valence-corrected chi connectivity index (χ1v) is 8.92. The van der Waals surface area contributed by atoms with E-state index in [4.69, 9.17) is 0 Å². The van der Waals surface area contributed by atoms with Gasteiger partial charge in [0.25, 0.3) is 0 Å². The third-order valence-corrected chi connectivity index (χ3v) is 5.14. The summed E-state index contributed by atoms with van der Waals surface area (Å²) in [5.41, 5.74) is 5.06. The minimum Gasteiger partial charge on any atom is -0.326 e. The molecular weight excluding hydrogens is 320 g/mol. The van der Waals surface area contributed by atoms with Gasteiger partial charge in [-0.15, -0.1) is 11.8 Å². The number of anilines is 2. The summed E-state index contributed by atoms with van der Waals surface area (Å²) in [4.78, 5) is 24.7. The minimum atomic E-state index is -0.0271. The smallest absolute Gasteiger partial charge is 0.234 e. The van der Waals surface area contributed by atoms with E-state index >= 15 is 0 Å². The number of nitrogens with one attached hydrogen (secondary N) is 2. The van der Waals surface area contributed by atoms with Crippen LogP contribution in [0.3, 0.4) is 0 Å². The van der Waals surface area contributed by atoms with E-state index in [-0.39, 0.29) is 11.8 Å². The Bertz CT molecular complexity index is 802. The van der Waals surface area contributed by atoms with Gasteiger partial charge in [0.05, 0.1) is 5.75 Å². The molecular formula is C19H20N2O2S. The Kier molecular flexibility index (Phi) is 4.90. The Morgan fingerprint density at radius 2 is 2.00 bits per heavy atom. The maximum Gasteiger partial charge on any atom is 0.234 e. The summed E-state index contributed by atoms with van der Waals surface area (Å²) in [6.45, 7) is 4.10. The molecule has 0 saturated heterocycles. The molecule has 0 fully saturated rings. The third kappa shape index (κ3) is 3.97. The highest BCUT2D eigenvalue weighted by molar-refractivity contribution is 8.00. The highest BCUT2D eigenvalue weighted by Gasteiger charge is 2.15. The average molecular weight is 340 g/mol. The van der Waals surface area contributed by atoms with Gasteiger partial charge in [-0.25, -0.2) is 0 Å². The highest BCUT2D eigenvalue weighted by atomic mass is 32.2. The van der Waals surface area contributed by atoms with Crippen molar-refractivity contribution < 1.29 is 9.59 Å². The van der Waals surface area contributed by atoms with Gasteiger partial charge in [-0.05, 0) is 55.7 Å². The van der Waals surface area contributed by atoms with Crippen LogP contribution in [-0.2, 0) is 16.0 Å². The molecule has 1 aliphatic rings. The van der Waals surface area contributed by atoms with Crippen LogP contribution >= 0.6 is 11.8 Å². The van der Waals surface area contributed by atoms with Crippen LogP contribution in [0, 0.1) is 13.8 Å². The van der Waals surface area contributed by atoms with Crippen LogP contribution in [-0.4, -0.2) is 17.6 Å². The summed E-state index contributed by atoms with van der Waals surface area (Å²) in [5, 5.41) is 5.78. The Labute approximate surface area is 146 Å². The number of benzene rings is 2. The Morgan fingerprint density at radius 3 is 2.83 bits per heavy atom. The second-order valence-corrected chi connectivity index (χ2v) is 7.04. The monoisotopic (exact) mass is 340 g/mol. The molecule has 0 bridgehead atoms. The summed E-state index contributed by atoms with van der Waals surface area (Å²) in [7, 11) is 0. The minimum absolute atomic E-state index is 0.0271. The van der Waals surface area contributed by atoms with Gasteiger partial charge in [0.1, 0.15) is 0 Å². The van der Waals surface area contributed by atoms with Crippen molar-refractivity contribution in [3.63, 3.8) is 0 Å². The van der Waals surface area contributed by atoms with Crippen molar-refractivity contribution in [2.45, 2.75) is 31.6 Å². The van der Waals surface area contributed by atoms with E-state index in [0.29, 0.717) is 18.6 Å². The predicted octanol–water partition coefficient (Wildman–Crippen LogP) is 3.92. The molecule has 1 heterocycles. The number of rotatable bonds is 4. The zero-order valence-corrected chi connectivity index (χ0v) is 14.6. The lowest BCUT2D eigenvalue weighted by atomic mass is 10.0. The van der Waals surface area contributed by atoms with Crippen LogP contribution in [0.2, 0.25) is 0 Å². The molecule has 24 heavy (non-hydrogen) atoms. The van der Waals surface area contributed by atoms with Crippen LogP contribution in [0.25, 0.3) is 0 Å². The van der Waals surface area contributed by atoms with Gasteiger partial charge >= 0.3 is 0 Å². The summed E-state index contributed by atoms with van der Waals surface area (Å²) >= 11 is 1.55. The number of hydrogen-bond donors (Lipinski definition) is 2. The zero-order valence-electron chi connectivity index (χ0n) is 13.8. The van der Waals surface area contributed by atoms with Gasteiger partial charge in [0.2, 0.25) is 11.8 Å². The normalized spacial score (nSPS) is 13.2. The van der Waals surface area contributed by atoms with Crippen molar-refractivity contribution in [3.8, 4) is 0 Å². The number of thioether (sulfide) groups is 1. The first-order valence-electron chi connectivity index (χ1n) is 7.94. The molecule has 0 aromatic heterocycles. The van der Waals surface area contributed by atoms with Crippen molar-refractivity contribution in [3.05, 3.63) is 53.1 Å². The second-order valence-electron chi connectivity index (χ2n) is 6.03. The Hall–Kier alpha value is -2.27. The zero-order chi connectivity index (χ0) is 17.1. The van der Waals surface area contributed by atoms with Crippen LogP contribution in [0.4, 0.5) is 11.4 Å². The largest absolute Gasteiger partial charge is 0.326 e. The molecule has 2 aromatic rings. The van der Waals surface area contributed by atoms with Crippen molar-refractivity contribution in [1.29, 1.82) is 0 Å². The first kappa shape index (κ1) is 16.6. The lowest BCUT2D eigenvalue weighted by molar-refractivity contribution is -0.116. The number of aryl methyl sites for hydroxylation is 3.